The molecular formula is C12H12F2N4O3. The third-order valence-corrected chi connectivity index (χ3v) is 3.34. The molecule has 0 saturated carbocycles. The predicted molar refractivity (Wildman–Crippen MR) is 63.6 cm³/mol. The first-order chi connectivity index (χ1) is 9.87. The van der Waals surface area contributed by atoms with E-state index >= 15 is 0 Å². The van der Waals surface area contributed by atoms with Crippen LogP contribution in [-0.2, 0) is 0 Å². The summed E-state index contributed by atoms with van der Waals surface area (Å²) in [6.45, 7) is 2.42. The topological polar surface area (TPSA) is 85.3 Å². The molecular weight excluding hydrogens is 286 g/mol. The van der Waals surface area contributed by atoms with Gasteiger partial charge in [-0.15, -0.1) is 10.2 Å². The number of halogens is 2. The number of aryl methyl sites for hydroxylation is 2. The first-order valence-corrected chi connectivity index (χ1v) is 6.27. The van der Waals surface area contributed by atoms with Crippen LogP contribution in [0.1, 0.15) is 40.3 Å². The molecule has 1 unspecified atom stereocenters. The van der Waals surface area contributed by atoms with Gasteiger partial charge in [-0.25, -0.2) is 8.78 Å². The normalized spacial score (nSPS) is 21.0. The summed E-state index contributed by atoms with van der Waals surface area (Å²) < 4.78 is 37.3. The molecule has 2 aromatic rings. The van der Waals surface area contributed by atoms with E-state index in [-0.39, 0.29) is 17.3 Å². The van der Waals surface area contributed by atoms with Crippen LogP contribution in [0.2, 0.25) is 0 Å². The van der Waals surface area contributed by atoms with Gasteiger partial charge in [-0.1, -0.05) is 5.16 Å². The minimum absolute atomic E-state index is 0.00660. The van der Waals surface area contributed by atoms with Crippen molar-refractivity contribution in [1.29, 1.82) is 0 Å². The van der Waals surface area contributed by atoms with Crippen LogP contribution in [0.5, 0.6) is 0 Å². The van der Waals surface area contributed by atoms with E-state index in [0.717, 1.165) is 11.2 Å². The second kappa shape index (κ2) is 4.61. The Morgan fingerprint density at radius 1 is 1.43 bits per heavy atom. The zero-order chi connectivity index (χ0) is 15.2. The van der Waals surface area contributed by atoms with E-state index in [1.54, 1.807) is 13.8 Å². The highest BCUT2D eigenvalue weighted by Gasteiger charge is 2.50. The summed E-state index contributed by atoms with van der Waals surface area (Å²) in [5, 5.41) is 11.0. The minimum atomic E-state index is -3.01. The van der Waals surface area contributed by atoms with Gasteiger partial charge < -0.3 is 13.8 Å². The van der Waals surface area contributed by atoms with E-state index in [0.29, 0.717) is 5.69 Å². The lowest BCUT2D eigenvalue weighted by Crippen LogP contribution is -2.33. The Balaban J connectivity index is 1.95. The lowest BCUT2D eigenvalue weighted by molar-refractivity contribution is 0.0117. The summed E-state index contributed by atoms with van der Waals surface area (Å²) in [5.41, 5.74) is 0.490. The highest BCUT2D eigenvalue weighted by atomic mass is 19.3. The van der Waals surface area contributed by atoms with Crippen LogP contribution >= 0.6 is 0 Å². The Kier molecular flexibility index (Phi) is 2.99. The molecule has 1 aliphatic heterocycles. The van der Waals surface area contributed by atoms with Crippen LogP contribution in [-0.4, -0.2) is 38.6 Å². The molecule has 7 nitrogen and oxygen atoms in total. The van der Waals surface area contributed by atoms with Crippen molar-refractivity contribution in [2.45, 2.75) is 32.2 Å². The largest absolute Gasteiger partial charge is 0.423 e. The van der Waals surface area contributed by atoms with Crippen LogP contribution in [0.15, 0.2) is 15.2 Å². The van der Waals surface area contributed by atoms with Gasteiger partial charge in [0.1, 0.15) is 17.9 Å². The van der Waals surface area contributed by atoms with Crippen LogP contribution in [0.3, 0.4) is 0 Å². The van der Waals surface area contributed by atoms with E-state index in [2.05, 4.69) is 19.9 Å². The lowest BCUT2D eigenvalue weighted by Gasteiger charge is -2.20. The molecule has 0 aliphatic carbocycles. The van der Waals surface area contributed by atoms with Gasteiger partial charge in [0, 0.05) is 13.3 Å². The Morgan fingerprint density at radius 3 is 2.76 bits per heavy atom. The maximum atomic E-state index is 13.7. The molecule has 112 valence electrons. The Morgan fingerprint density at radius 2 is 2.19 bits per heavy atom. The van der Waals surface area contributed by atoms with Gasteiger partial charge >= 0.3 is 0 Å². The highest BCUT2D eigenvalue weighted by Crippen LogP contribution is 2.41. The number of hydrogen-bond acceptors (Lipinski definition) is 6. The molecule has 0 spiro atoms. The molecule has 3 rings (SSSR count). The predicted octanol–water partition coefficient (Wildman–Crippen LogP) is 1.90. The average Bonchev–Trinajstić information content (AvgIpc) is 3.08. The third kappa shape index (κ3) is 2.39. The van der Waals surface area contributed by atoms with Gasteiger partial charge in [0.2, 0.25) is 11.8 Å². The van der Waals surface area contributed by atoms with Gasteiger partial charge in [-0.3, -0.25) is 4.79 Å². The van der Waals surface area contributed by atoms with E-state index in [1.165, 1.54) is 0 Å². The molecule has 1 atom stereocenters. The molecule has 2 aromatic heterocycles. The number of alkyl halides is 2. The van der Waals surface area contributed by atoms with Gasteiger partial charge in [0.05, 0.1) is 12.2 Å². The molecule has 3 heterocycles. The molecule has 1 aliphatic rings. The van der Waals surface area contributed by atoms with E-state index < -0.39 is 30.8 Å². The maximum absolute atomic E-state index is 13.7. The number of likely N-dealkylation sites (tertiary alicyclic amines) is 1. The second-order valence-electron chi connectivity index (χ2n) is 4.98. The lowest BCUT2D eigenvalue weighted by atomic mass is 10.1. The van der Waals surface area contributed by atoms with Crippen molar-refractivity contribution in [3.8, 4) is 0 Å². The number of carbonyl (C=O) groups is 1. The van der Waals surface area contributed by atoms with Gasteiger partial charge in [0.15, 0.2) is 0 Å². The van der Waals surface area contributed by atoms with Crippen LogP contribution in [0.25, 0.3) is 0 Å². The zero-order valence-electron chi connectivity index (χ0n) is 11.3. The fourth-order valence-corrected chi connectivity index (χ4v) is 2.35. The molecule has 1 amide bonds. The highest BCUT2D eigenvalue weighted by molar-refractivity contribution is 5.95. The summed E-state index contributed by atoms with van der Waals surface area (Å²) in [5.74, 6) is -3.33. The van der Waals surface area contributed by atoms with Crippen LogP contribution in [0.4, 0.5) is 8.78 Å². The summed E-state index contributed by atoms with van der Waals surface area (Å²) in [6.07, 6.45) is 0.592. The molecule has 1 fully saturated rings. The number of amides is 1. The molecule has 0 radical (unpaired) electrons. The molecule has 1 saturated heterocycles. The van der Waals surface area contributed by atoms with Crippen molar-refractivity contribution >= 4 is 5.91 Å². The monoisotopic (exact) mass is 298 g/mol. The average molecular weight is 298 g/mol. The summed E-state index contributed by atoms with van der Waals surface area (Å²) in [6, 6.07) is -0.956. The molecule has 9 heteroatoms. The number of rotatable bonds is 2. The third-order valence-electron chi connectivity index (χ3n) is 3.34. The van der Waals surface area contributed by atoms with E-state index in [4.69, 9.17) is 4.42 Å². The number of aromatic nitrogens is 3. The number of carbonyl (C=O) groups excluding carboxylic acids is 1. The summed E-state index contributed by atoms with van der Waals surface area (Å²) in [7, 11) is 0. The Hall–Kier alpha value is -2.32. The van der Waals surface area contributed by atoms with Crippen molar-refractivity contribution in [3.05, 3.63) is 29.3 Å². The first kappa shape index (κ1) is 13.7. The standard InChI is InChI=1S/C12H12F2N4O3/c1-6-8(4-20-17-6)11(19)18-5-12(13,14)3-9(18)10-16-15-7(2)21-10/h4,9H,3,5H2,1-2H3. The van der Waals surface area contributed by atoms with Crippen molar-refractivity contribution in [2.24, 2.45) is 0 Å². The molecule has 0 bridgehead atoms. The quantitative estimate of drug-likeness (QED) is 0.841. The van der Waals surface area contributed by atoms with Gasteiger partial charge in [0.25, 0.3) is 11.8 Å². The summed E-state index contributed by atoms with van der Waals surface area (Å²) in [4.78, 5) is 13.4. The van der Waals surface area contributed by atoms with Crippen molar-refractivity contribution in [2.75, 3.05) is 6.54 Å². The van der Waals surface area contributed by atoms with E-state index in [9.17, 15) is 13.6 Å². The summed E-state index contributed by atoms with van der Waals surface area (Å²) >= 11 is 0. The van der Waals surface area contributed by atoms with Crippen molar-refractivity contribution in [1.82, 2.24) is 20.3 Å². The molecule has 0 N–H and O–H groups in total. The zero-order valence-corrected chi connectivity index (χ0v) is 11.3. The molecule has 0 aromatic carbocycles. The Bertz CT molecular complexity index is 682. The van der Waals surface area contributed by atoms with Crippen molar-refractivity contribution in [3.63, 3.8) is 0 Å². The fraction of sp³-hybridized carbons (Fsp3) is 0.500. The van der Waals surface area contributed by atoms with Crippen LogP contribution < -0.4 is 0 Å². The number of hydrogen-bond donors (Lipinski definition) is 0. The second-order valence-corrected chi connectivity index (χ2v) is 4.98. The van der Waals surface area contributed by atoms with Crippen LogP contribution in [0, 0.1) is 13.8 Å². The number of nitrogens with zero attached hydrogens (tertiary/aromatic N) is 4. The van der Waals surface area contributed by atoms with Gasteiger partial charge in [-0.05, 0) is 6.92 Å². The molecule has 21 heavy (non-hydrogen) atoms. The van der Waals surface area contributed by atoms with Gasteiger partial charge in [-0.2, -0.15) is 0 Å². The van der Waals surface area contributed by atoms with Crippen molar-refractivity contribution < 1.29 is 22.5 Å². The fourth-order valence-electron chi connectivity index (χ4n) is 2.35. The first-order valence-electron chi connectivity index (χ1n) is 6.27. The minimum Gasteiger partial charge on any atom is -0.423 e. The smallest absolute Gasteiger partial charge is 0.267 e. The Labute approximate surface area is 117 Å². The van der Waals surface area contributed by atoms with E-state index in [1.807, 2.05) is 0 Å². The maximum Gasteiger partial charge on any atom is 0.267 e. The SMILES string of the molecule is Cc1nnc(C2CC(F)(F)CN2C(=O)c2conc2C)o1.